The topological polar surface area (TPSA) is 95.9 Å². The molecular formula is C8H12N2O5. The van der Waals surface area contributed by atoms with Crippen molar-refractivity contribution in [3.8, 4) is 0 Å². The lowest BCUT2D eigenvalue weighted by atomic mass is 10.2. The van der Waals surface area contributed by atoms with Gasteiger partial charge < -0.3 is 20.1 Å². The molecule has 1 saturated heterocycles. The third-order valence-electron chi connectivity index (χ3n) is 2.12. The van der Waals surface area contributed by atoms with Crippen molar-refractivity contribution >= 4 is 17.8 Å². The largest absolute Gasteiger partial charge is 0.474 e. The summed E-state index contributed by atoms with van der Waals surface area (Å²) < 4.78 is 5.02. The Labute approximate surface area is 86.0 Å². The summed E-state index contributed by atoms with van der Waals surface area (Å²) in [5.74, 6) is -3.07. The molecule has 1 atom stereocenters. The molecule has 0 radical (unpaired) electrons. The van der Waals surface area contributed by atoms with Crippen LogP contribution in [0, 0.1) is 0 Å². The van der Waals surface area contributed by atoms with Crippen LogP contribution in [-0.2, 0) is 19.1 Å². The second-order valence-corrected chi connectivity index (χ2v) is 3.01. The van der Waals surface area contributed by atoms with Crippen LogP contribution in [0.4, 0.5) is 0 Å². The van der Waals surface area contributed by atoms with Gasteiger partial charge in [-0.15, -0.1) is 0 Å². The Morgan fingerprint density at radius 3 is 2.67 bits per heavy atom. The number of nitrogens with zero attached hydrogens (tertiary/aromatic N) is 1. The van der Waals surface area contributed by atoms with E-state index in [1.807, 2.05) is 0 Å². The van der Waals surface area contributed by atoms with Crippen molar-refractivity contribution < 1.29 is 24.2 Å². The molecule has 1 unspecified atom stereocenters. The molecule has 1 rings (SSSR count). The number of carboxylic acid groups (broad SMARTS) is 1. The van der Waals surface area contributed by atoms with E-state index in [0.29, 0.717) is 0 Å². The number of rotatable bonds is 1. The molecule has 1 heterocycles. The minimum absolute atomic E-state index is 0.0265. The number of carbonyl (C=O) groups excluding carboxylic acids is 2. The van der Waals surface area contributed by atoms with Crippen molar-refractivity contribution in [2.45, 2.75) is 6.04 Å². The highest BCUT2D eigenvalue weighted by atomic mass is 16.5. The lowest BCUT2D eigenvalue weighted by Gasteiger charge is -2.32. The van der Waals surface area contributed by atoms with Gasteiger partial charge in [0.2, 0.25) is 5.91 Å². The number of carboxylic acids is 1. The summed E-state index contributed by atoms with van der Waals surface area (Å²) in [6.45, 7) is 0.383. The first kappa shape index (κ1) is 11.4. The normalized spacial score (nSPS) is 20.9. The number of hydrogen-bond acceptors (Lipinski definition) is 4. The lowest BCUT2D eigenvalue weighted by molar-refractivity contribution is -0.162. The van der Waals surface area contributed by atoms with Gasteiger partial charge >= 0.3 is 11.9 Å². The minimum atomic E-state index is -1.56. The standard InChI is InChI=1S/C8H12N2O5/c1-9-6(11)5-4-15-3-2-10(5)7(12)8(13)14/h5H,2-4H2,1H3,(H,9,11)(H,13,14). The van der Waals surface area contributed by atoms with Crippen molar-refractivity contribution in [2.24, 2.45) is 0 Å². The van der Waals surface area contributed by atoms with E-state index < -0.39 is 23.8 Å². The van der Waals surface area contributed by atoms with Gasteiger partial charge in [-0.1, -0.05) is 0 Å². The summed E-state index contributed by atoms with van der Waals surface area (Å²) in [6.07, 6.45) is 0. The summed E-state index contributed by atoms with van der Waals surface area (Å²) in [5.41, 5.74) is 0. The maximum Gasteiger partial charge on any atom is 0.394 e. The van der Waals surface area contributed by atoms with Gasteiger partial charge in [-0.3, -0.25) is 9.59 Å². The van der Waals surface area contributed by atoms with E-state index >= 15 is 0 Å². The van der Waals surface area contributed by atoms with Crippen LogP contribution < -0.4 is 5.32 Å². The zero-order valence-corrected chi connectivity index (χ0v) is 8.23. The van der Waals surface area contributed by atoms with E-state index in [2.05, 4.69) is 5.32 Å². The summed E-state index contributed by atoms with van der Waals surface area (Å²) in [7, 11) is 1.42. The Hall–Kier alpha value is -1.63. The SMILES string of the molecule is CNC(=O)C1COCCN1C(=O)C(=O)O. The van der Waals surface area contributed by atoms with Crippen LogP contribution >= 0.6 is 0 Å². The van der Waals surface area contributed by atoms with Crippen LogP contribution in [0.5, 0.6) is 0 Å². The highest BCUT2D eigenvalue weighted by Gasteiger charge is 2.35. The number of morpholine rings is 1. The van der Waals surface area contributed by atoms with E-state index in [0.717, 1.165) is 4.90 Å². The molecule has 2 N–H and O–H groups in total. The van der Waals surface area contributed by atoms with E-state index in [9.17, 15) is 14.4 Å². The zero-order valence-electron chi connectivity index (χ0n) is 8.23. The fraction of sp³-hybridized carbons (Fsp3) is 0.625. The third kappa shape index (κ3) is 2.44. The fourth-order valence-corrected chi connectivity index (χ4v) is 1.35. The molecule has 15 heavy (non-hydrogen) atoms. The molecule has 1 fully saturated rings. The van der Waals surface area contributed by atoms with E-state index in [-0.39, 0.29) is 19.8 Å². The number of hydrogen-bond donors (Lipinski definition) is 2. The summed E-state index contributed by atoms with van der Waals surface area (Å²) >= 11 is 0. The molecule has 0 aromatic heterocycles. The Morgan fingerprint density at radius 1 is 1.47 bits per heavy atom. The van der Waals surface area contributed by atoms with Crippen molar-refractivity contribution in [3.63, 3.8) is 0 Å². The predicted octanol–water partition coefficient (Wildman–Crippen LogP) is -1.96. The van der Waals surface area contributed by atoms with Crippen molar-refractivity contribution in [1.82, 2.24) is 10.2 Å². The van der Waals surface area contributed by atoms with E-state index in [1.165, 1.54) is 7.05 Å². The van der Waals surface area contributed by atoms with Gasteiger partial charge in [-0.05, 0) is 0 Å². The molecular weight excluding hydrogens is 204 g/mol. The molecule has 2 amide bonds. The second kappa shape index (κ2) is 4.74. The van der Waals surface area contributed by atoms with Crippen LogP contribution in [0.3, 0.4) is 0 Å². The van der Waals surface area contributed by atoms with Crippen molar-refractivity contribution in [1.29, 1.82) is 0 Å². The summed E-state index contributed by atoms with van der Waals surface area (Å²) in [4.78, 5) is 34.0. The van der Waals surface area contributed by atoms with E-state index in [4.69, 9.17) is 9.84 Å². The Morgan fingerprint density at radius 2 is 2.13 bits per heavy atom. The average Bonchev–Trinajstić information content (AvgIpc) is 2.27. The van der Waals surface area contributed by atoms with Crippen LogP contribution in [0.15, 0.2) is 0 Å². The number of ether oxygens (including phenoxy) is 1. The molecule has 0 aromatic rings. The number of nitrogens with one attached hydrogen (secondary N) is 1. The maximum absolute atomic E-state index is 11.3. The molecule has 84 valence electrons. The average molecular weight is 216 g/mol. The third-order valence-corrected chi connectivity index (χ3v) is 2.12. The molecule has 7 heteroatoms. The first-order valence-electron chi connectivity index (χ1n) is 4.41. The Kier molecular flexibility index (Phi) is 3.62. The first-order valence-corrected chi connectivity index (χ1v) is 4.41. The number of likely N-dealkylation sites (N-methyl/N-ethyl adjacent to an activating group) is 1. The number of carbonyl (C=O) groups is 3. The van der Waals surface area contributed by atoms with Crippen molar-refractivity contribution in [2.75, 3.05) is 26.8 Å². The van der Waals surface area contributed by atoms with Crippen LogP contribution in [0.25, 0.3) is 0 Å². The van der Waals surface area contributed by atoms with Gasteiger partial charge in [-0.2, -0.15) is 0 Å². The molecule has 0 bridgehead atoms. The van der Waals surface area contributed by atoms with E-state index in [1.54, 1.807) is 0 Å². The van der Waals surface area contributed by atoms with Gasteiger partial charge in [0.1, 0.15) is 6.04 Å². The molecule has 1 aliphatic rings. The molecule has 0 aromatic carbocycles. The minimum Gasteiger partial charge on any atom is -0.474 e. The molecule has 0 aliphatic carbocycles. The first-order chi connectivity index (χ1) is 7.07. The predicted molar refractivity (Wildman–Crippen MR) is 48.0 cm³/mol. The zero-order chi connectivity index (χ0) is 11.4. The second-order valence-electron chi connectivity index (χ2n) is 3.01. The molecule has 0 spiro atoms. The maximum atomic E-state index is 11.3. The van der Waals surface area contributed by atoms with Gasteiger partial charge in [0.05, 0.1) is 13.2 Å². The van der Waals surface area contributed by atoms with Crippen LogP contribution in [-0.4, -0.2) is 60.6 Å². The van der Waals surface area contributed by atoms with Gasteiger partial charge in [0.15, 0.2) is 0 Å². The van der Waals surface area contributed by atoms with Crippen LogP contribution in [0.2, 0.25) is 0 Å². The Bertz CT molecular complexity index is 291. The van der Waals surface area contributed by atoms with Gasteiger partial charge in [0, 0.05) is 13.6 Å². The summed E-state index contributed by atoms with van der Waals surface area (Å²) in [5, 5.41) is 10.9. The number of aliphatic carboxylic acids is 1. The molecule has 1 aliphatic heterocycles. The van der Waals surface area contributed by atoms with Gasteiger partial charge in [0.25, 0.3) is 0 Å². The smallest absolute Gasteiger partial charge is 0.394 e. The number of amides is 2. The van der Waals surface area contributed by atoms with Gasteiger partial charge in [-0.25, -0.2) is 4.79 Å². The lowest BCUT2D eigenvalue weighted by Crippen LogP contribution is -2.56. The fourth-order valence-electron chi connectivity index (χ4n) is 1.35. The monoisotopic (exact) mass is 216 g/mol. The quantitative estimate of drug-likeness (QED) is 0.496. The Balaban J connectivity index is 2.78. The van der Waals surface area contributed by atoms with Crippen LogP contribution in [0.1, 0.15) is 0 Å². The highest BCUT2D eigenvalue weighted by molar-refractivity contribution is 6.31. The molecule has 7 nitrogen and oxygen atoms in total. The molecule has 0 saturated carbocycles. The summed E-state index contributed by atoms with van der Waals surface area (Å²) in [6, 6.07) is -0.854. The van der Waals surface area contributed by atoms with Crippen molar-refractivity contribution in [3.05, 3.63) is 0 Å². The highest BCUT2D eigenvalue weighted by Crippen LogP contribution is 2.07.